The van der Waals surface area contributed by atoms with Crippen LogP contribution >= 0.6 is 22.6 Å². The summed E-state index contributed by atoms with van der Waals surface area (Å²) in [5.41, 5.74) is 5.27. The molecule has 1 amide bonds. The quantitative estimate of drug-likeness (QED) is 0.404. The standard InChI is InChI=1S/C28H29IN2O2/c29-22-11-9-21(10-12-22)28(33)30-25-8-4-7-24-23(25)13-14-26(32)27(24)31-17-15-20(16-18-31)19-5-2-1-3-6-19/h1-12,20,26-27,32H,13-18H2,(H,30,33)/t26-,27-/m1/s1. The van der Waals surface area contributed by atoms with Crippen molar-refractivity contribution in [2.75, 3.05) is 18.4 Å². The number of carbonyl (C=O) groups is 1. The molecular weight excluding hydrogens is 523 g/mol. The maximum atomic E-state index is 12.9. The predicted octanol–water partition coefficient (Wildman–Crippen LogP) is 5.77. The Hall–Kier alpha value is -2.22. The van der Waals surface area contributed by atoms with Gasteiger partial charge in [-0.15, -0.1) is 0 Å². The molecule has 33 heavy (non-hydrogen) atoms. The molecule has 1 saturated heterocycles. The number of aliphatic hydroxyl groups is 1. The second-order valence-electron chi connectivity index (χ2n) is 9.11. The predicted molar refractivity (Wildman–Crippen MR) is 141 cm³/mol. The maximum Gasteiger partial charge on any atom is 0.255 e. The molecule has 0 saturated carbocycles. The van der Waals surface area contributed by atoms with Crippen molar-refractivity contribution in [1.82, 2.24) is 4.90 Å². The number of likely N-dealkylation sites (tertiary alicyclic amines) is 1. The maximum absolute atomic E-state index is 12.9. The van der Waals surface area contributed by atoms with E-state index in [9.17, 15) is 9.90 Å². The molecule has 2 aliphatic rings. The highest BCUT2D eigenvalue weighted by Gasteiger charge is 2.36. The number of carbonyl (C=O) groups excluding carboxylic acids is 1. The van der Waals surface area contributed by atoms with Crippen molar-refractivity contribution in [3.05, 3.63) is 98.6 Å². The zero-order valence-electron chi connectivity index (χ0n) is 18.6. The third kappa shape index (κ3) is 4.86. The number of benzene rings is 3. The van der Waals surface area contributed by atoms with Crippen molar-refractivity contribution >= 4 is 34.2 Å². The molecule has 0 aromatic heterocycles. The summed E-state index contributed by atoms with van der Waals surface area (Å²) in [6.07, 6.45) is 3.31. The number of hydrogen-bond donors (Lipinski definition) is 2. The zero-order chi connectivity index (χ0) is 22.8. The van der Waals surface area contributed by atoms with Crippen LogP contribution in [0.25, 0.3) is 0 Å². The molecule has 1 aliphatic heterocycles. The van der Waals surface area contributed by atoms with E-state index >= 15 is 0 Å². The van der Waals surface area contributed by atoms with E-state index < -0.39 is 0 Å². The number of piperidine rings is 1. The van der Waals surface area contributed by atoms with Gasteiger partial charge in [-0.2, -0.15) is 0 Å². The highest BCUT2D eigenvalue weighted by Crippen LogP contribution is 2.40. The average molecular weight is 552 g/mol. The Morgan fingerprint density at radius 3 is 2.36 bits per heavy atom. The van der Waals surface area contributed by atoms with Crippen molar-refractivity contribution in [3.63, 3.8) is 0 Å². The molecule has 2 atom stereocenters. The summed E-state index contributed by atoms with van der Waals surface area (Å²) in [7, 11) is 0. The summed E-state index contributed by atoms with van der Waals surface area (Å²) in [5.74, 6) is 0.494. The van der Waals surface area contributed by atoms with Gasteiger partial charge in [-0.05, 0) is 114 Å². The van der Waals surface area contributed by atoms with Gasteiger partial charge in [-0.1, -0.05) is 42.5 Å². The third-order valence-corrected chi connectivity index (χ3v) is 7.85. The first-order valence-electron chi connectivity index (χ1n) is 11.8. The Morgan fingerprint density at radius 2 is 1.64 bits per heavy atom. The van der Waals surface area contributed by atoms with E-state index in [0.29, 0.717) is 17.9 Å². The Kier molecular flexibility index (Phi) is 6.81. The van der Waals surface area contributed by atoms with Crippen LogP contribution in [0, 0.1) is 3.57 Å². The summed E-state index contributed by atoms with van der Waals surface area (Å²) < 4.78 is 1.11. The Labute approximate surface area is 209 Å². The Balaban J connectivity index is 1.34. The number of aliphatic hydroxyl groups excluding tert-OH is 1. The first-order valence-corrected chi connectivity index (χ1v) is 12.8. The number of nitrogens with one attached hydrogen (secondary N) is 1. The lowest BCUT2D eigenvalue weighted by atomic mass is 9.81. The van der Waals surface area contributed by atoms with Gasteiger partial charge in [0.05, 0.1) is 12.1 Å². The minimum Gasteiger partial charge on any atom is -0.391 e. The number of amides is 1. The second kappa shape index (κ2) is 9.95. The fourth-order valence-electron chi connectivity index (χ4n) is 5.41. The van der Waals surface area contributed by atoms with Crippen LogP contribution in [0.15, 0.2) is 72.8 Å². The van der Waals surface area contributed by atoms with Crippen molar-refractivity contribution in [3.8, 4) is 0 Å². The lowest BCUT2D eigenvalue weighted by Crippen LogP contribution is -2.43. The van der Waals surface area contributed by atoms with Gasteiger partial charge < -0.3 is 10.4 Å². The Morgan fingerprint density at radius 1 is 0.909 bits per heavy atom. The molecule has 0 radical (unpaired) electrons. The van der Waals surface area contributed by atoms with Crippen LogP contribution in [0.3, 0.4) is 0 Å². The molecular formula is C28H29IN2O2. The van der Waals surface area contributed by atoms with E-state index in [1.165, 1.54) is 5.56 Å². The topological polar surface area (TPSA) is 52.6 Å². The van der Waals surface area contributed by atoms with Gasteiger partial charge in [0.2, 0.25) is 0 Å². The number of fused-ring (bicyclic) bond motifs is 1. The molecule has 2 N–H and O–H groups in total. The summed E-state index contributed by atoms with van der Waals surface area (Å²) >= 11 is 2.24. The van der Waals surface area contributed by atoms with Crippen molar-refractivity contribution < 1.29 is 9.90 Å². The molecule has 0 unspecified atom stereocenters. The van der Waals surface area contributed by atoms with Gasteiger partial charge in [-0.25, -0.2) is 0 Å². The smallest absolute Gasteiger partial charge is 0.255 e. The summed E-state index contributed by atoms with van der Waals surface area (Å²) in [4.78, 5) is 15.3. The zero-order valence-corrected chi connectivity index (χ0v) is 20.7. The van der Waals surface area contributed by atoms with Gasteiger partial charge in [0, 0.05) is 14.8 Å². The van der Waals surface area contributed by atoms with E-state index in [0.717, 1.165) is 52.7 Å². The van der Waals surface area contributed by atoms with Crippen LogP contribution in [-0.4, -0.2) is 35.1 Å². The summed E-state index contributed by atoms with van der Waals surface area (Å²) in [5, 5.41) is 14.1. The molecule has 0 bridgehead atoms. The normalized spacial score (nSPS) is 21.4. The van der Waals surface area contributed by atoms with E-state index in [2.05, 4.69) is 69.2 Å². The lowest BCUT2D eigenvalue weighted by molar-refractivity contribution is 0.0229. The molecule has 5 rings (SSSR count). The summed E-state index contributed by atoms with van der Waals surface area (Å²) in [6, 6.07) is 24.5. The van der Waals surface area contributed by atoms with Gasteiger partial charge in [0.25, 0.3) is 5.91 Å². The molecule has 3 aromatic rings. The fraction of sp³-hybridized carbons (Fsp3) is 0.321. The third-order valence-electron chi connectivity index (χ3n) is 7.13. The number of halogens is 1. The molecule has 3 aromatic carbocycles. The summed E-state index contributed by atoms with van der Waals surface area (Å²) in [6.45, 7) is 1.94. The van der Waals surface area contributed by atoms with E-state index in [-0.39, 0.29) is 18.1 Å². The minimum atomic E-state index is -0.382. The number of rotatable bonds is 4. The van der Waals surface area contributed by atoms with Crippen molar-refractivity contribution in [2.45, 2.75) is 43.7 Å². The monoisotopic (exact) mass is 552 g/mol. The molecule has 1 fully saturated rings. The molecule has 0 spiro atoms. The van der Waals surface area contributed by atoms with Crippen LogP contribution in [0.1, 0.15) is 58.3 Å². The highest BCUT2D eigenvalue weighted by atomic mass is 127. The minimum absolute atomic E-state index is 0.0133. The first kappa shape index (κ1) is 22.6. The molecule has 1 heterocycles. The number of anilines is 1. The SMILES string of the molecule is O=C(Nc1cccc2c1CC[C@@H](O)[C@@H]2N1CCC(c2ccccc2)CC1)c1ccc(I)cc1. The van der Waals surface area contributed by atoms with E-state index in [1.807, 2.05) is 36.4 Å². The molecule has 4 nitrogen and oxygen atoms in total. The number of hydrogen-bond acceptors (Lipinski definition) is 3. The van der Waals surface area contributed by atoms with Gasteiger partial charge in [0.1, 0.15) is 0 Å². The molecule has 5 heteroatoms. The van der Waals surface area contributed by atoms with Crippen LogP contribution in [0.5, 0.6) is 0 Å². The van der Waals surface area contributed by atoms with E-state index in [4.69, 9.17) is 0 Å². The average Bonchev–Trinajstić information content (AvgIpc) is 2.85. The van der Waals surface area contributed by atoms with Crippen molar-refractivity contribution in [1.29, 1.82) is 0 Å². The molecule has 170 valence electrons. The molecule has 1 aliphatic carbocycles. The van der Waals surface area contributed by atoms with Gasteiger partial charge >= 0.3 is 0 Å². The number of nitrogens with zero attached hydrogens (tertiary/aromatic N) is 1. The first-order chi connectivity index (χ1) is 16.1. The fourth-order valence-corrected chi connectivity index (χ4v) is 5.77. The second-order valence-corrected chi connectivity index (χ2v) is 10.4. The van der Waals surface area contributed by atoms with Gasteiger partial charge in [-0.3, -0.25) is 9.69 Å². The Bertz CT molecular complexity index is 1110. The van der Waals surface area contributed by atoms with E-state index in [1.54, 1.807) is 0 Å². The lowest BCUT2D eigenvalue weighted by Gasteiger charge is -2.43. The van der Waals surface area contributed by atoms with Crippen LogP contribution < -0.4 is 5.32 Å². The largest absolute Gasteiger partial charge is 0.391 e. The van der Waals surface area contributed by atoms with Crippen LogP contribution in [0.2, 0.25) is 0 Å². The highest BCUT2D eigenvalue weighted by molar-refractivity contribution is 14.1. The van der Waals surface area contributed by atoms with Gasteiger partial charge in [0.15, 0.2) is 0 Å². The van der Waals surface area contributed by atoms with Crippen LogP contribution in [-0.2, 0) is 6.42 Å². The van der Waals surface area contributed by atoms with Crippen molar-refractivity contribution in [2.24, 2.45) is 0 Å². The van der Waals surface area contributed by atoms with Crippen LogP contribution in [0.4, 0.5) is 5.69 Å².